The molecule has 0 aliphatic carbocycles. The Hall–Kier alpha value is -2.97. The molecule has 8 heteroatoms. The zero-order chi connectivity index (χ0) is 17.4. The van der Waals surface area contributed by atoms with E-state index in [-0.39, 0.29) is 18.8 Å². The van der Waals surface area contributed by atoms with Crippen LogP contribution in [0.25, 0.3) is 21.9 Å². The Labute approximate surface area is 146 Å². The molecule has 2 amide bonds. The smallest absolute Gasteiger partial charge is 0.277 e. The largest absolute Gasteiger partial charge is 0.435 e. The van der Waals surface area contributed by atoms with Crippen LogP contribution in [0, 0.1) is 0 Å². The number of carbonyl (C=O) groups is 2. The van der Waals surface area contributed by atoms with E-state index in [9.17, 15) is 9.59 Å². The van der Waals surface area contributed by atoms with Crippen molar-refractivity contribution in [2.75, 3.05) is 18.5 Å². The van der Waals surface area contributed by atoms with Crippen molar-refractivity contribution in [2.45, 2.75) is 0 Å². The molecule has 0 bridgehead atoms. The summed E-state index contributed by atoms with van der Waals surface area (Å²) in [5.74, 6) is -0.356. The van der Waals surface area contributed by atoms with Crippen molar-refractivity contribution < 1.29 is 19.1 Å². The molecule has 0 saturated heterocycles. The van der Waals surface area contributed by atoms with Crippen LogP contribution in [0.2, 0.25) is 0 Å². The summed E-state index contributed by atoms with van der Waals surface area (Å²) in [6, 6.07) is 9.12. The lowest BCUT2D eigenvalue weighted by molar-refractivity contribution is -0.137. The number of carbonyl (C=O) groups excluding carboxylic acids is 2. The molecule has 2 aromatic heterocycles. The normalized spacial score (nSPS) is 14.4. The lowest BCUT2D eigenvalue weighted by Crippen LogP contribution is -2.34. The van der Waals surface area contributed by atoms with E-state index in [1.807, 2.05) is 17.5 Å². The van der Waals surface area contributed by atoms with Gasteiger partial charge in [0.1, 0.15) is 11.2 Å². The molecule has 25 heavy (non-hydrogen) atoms. The number of amides is 2. The Bertz CT molecular complexity index is 991. The van der Waals surface area contributed by atoms with Crippen molar-refractivity contribution in [3.05, 3.63) is 47.5 Å². The van der Waals surface area contributed by atoms with Crippen LogP contribution in [0.1, 0.15) is 0 Å². The first-order valence-corrected chi connectivity index (χ1v) is 8.43. The predicted molar refractivity (Wildman–Crippen MR) is 92.8 cm³/mol. The molecule has 1 aliphatic rings. The molecule has 0 fully saturated rings. The van der Waals surface area contributed by atoms with Gasteiger partial charge in [-0.2, -0.15) is 0 Å². The first-order valence-electron chi connectivity index (χ1n) is 7.55. The summed E-state index contributed by atoms with van der Waals surface area (Å²) in [5, 5.41) is 13.8. The molecule has 3 heterocycles. The third-order valence-electron chi connectivity index (χ3n) is 3.73. The second-order valence-corrected chi connectivity index (χ2v) is 6.33. The van der Waals surface area contributed by atoms with E-state index >= 15 is 0 Å². The van der Waals surface area contributed by atoms with Crippen molar-refractivity contribution >= 4 is 39.9 Å². The van der Waals surface area contributed by atoms with E-state index in [1.54, 1.807) is 18.2 Å². The molecular weight excluding hydrogens is 342 g/mol. The number of imide groups is 1. The maximum Gasteiger partial charge on any atom is 0.277 e. The summed E-state index contributed by atoms with van der Waals surface area (Å²) in [4.78, 5) is 30.3. The Morgan fingerprint density at radius 3 is 2.92 bits per heavy atom. The van der Waals surface area contributed by atoms with Crippen molar-refractivity contribution in [2.24, 2.45) is 0 Å². The highest BCUT2D eigenvalue weighted by molar-refractivity contribution is 7.13. The minimum absolute atomic E-state index is 0.0220. The van der Waals surface area contributed by atoms with Gasteiger partial charge in [-0.1, -0.05) is 6.07 Å². The number of aliphatic hydroxyl groups is 1. The van der Waals surface area contributed by atoms with Gasteiger partial charge in [0, 0.05) is 11.8 Å². The van der Waals surface area contributed by atoms with Gasteiger partial charge in [0.25, 0.3) is 11.8 Å². The van der Waals surface area contributed by atoms with E-state index in [2.05, 4.69) is 10.3 Å². The maximum absolute atomic E-state index is 12.2. The Kier molecular flexibility index (Phi) is 3.83. The fourth-order valence-electron chi connectivity index (χ4n) is 2.58. The summed E-state index contributed by atoms with van der Waals surface area (Å²) in [6.45, 7) is -0.291. The van der Waals surface area contributed by atoms with Gasteiger partial charge in [-0.15, -0.1) is 11.3 Å². The number of β-amino-alcohol motifs (C(OH)–C–C–N with tert-alkyl or cyclic N) is 1. The third kappa shape index (κ3) is 2.81. The fourth-order valence-corrected chi connectivity index (χ4v) is 3.23. The molecular formula is C17H13N3O4S. The van der Waals surface area contributed by atoms with Gasteiger partial charge in [0.15, 0.2) is 5.58 Å². The third-order valence-corrected chi connectivity index (χ3v) is 4.59. The lowest BCUT2D eigenvalue weighted by Gasteiger charge is -2.13. The molecule has 126 valence electrons. The maximum atomic E-state index is 12.2. The van der Waals surface area contributed by atoms with E-state index in [0.717, 1.165) is 9.78 Å². The SMILES string of the molecule is O=C1C=C(Nc2ccc3oc(-c4cccs4)nc3c2)C(=O)N1CCO. The minimum Gasteiger partial charge on any atom is -0.435 e. The van der Waals surface area contributed by atoms with Crippen molar-refractivity contribution in [1.82, 2.24) is 9.88 Å². The molecule has 0 radical (unpaired) electrons. The van der Waals surface area contributed by atoms with Gasteiger partial charge in [0.05, 0.1) is 18.0 Å². The van der Waals surface area contributed by atoms with Crippen molar-refractivity contribution in [1.29, 1.82) is 0 Å². The van der Waals surface area contributed by atoms with Gasteiger partial charge in [-0.05, 0) is 29.6 Å². The highest BCUT2D eigenvalue weighted by Gasteiger charge is 2.30. The summed E-state index contributed by atoms with van der Waals surface area (Å²) in [5.41, 5.74) is 2.08. The lowest BCUT2D eigenvalue weighted by atomic mass is 10.2. The van der Waals surface area contributed by atoms with E-state index in [1.165, 1.54) is 17.4 Å². The number of fused-ring (bicyclic) bond motifs is 1. The van der Waals surface area contributed by atoms with Crippen molar-refractivity contribution in [3.8, 4) is 10.8 Å². The zero-order valence-corrected chi connectivity index (χ0v) is 13.7. The summed E-state index contributed by atoms with van der Waals surface area (Å²) in [6.07, 6.45) is 1.22. The standard InChI is InChI=1S/C17H13N3O4S/c21-6-5-20-15(22)9-12(17(20)23)18-10-3-4-13-11(8-10)19-16(24-13)14-2-1-7-25-14/h1-4,7-9,18,21H,5-6H2. The first-order chi connectivity index (χ1) is 12.2. The van der Waals surface area contributed by atoms with Crippen LogP contribution >= 0.6 is 11.3 Å². The number of aliphatic hydroxyl groups excluding tert-OH is 1. The molecule has 0 atom stereocenters. The average Bonchev–Trinajstić information content (AvgIpc) is 3.31. The number of hydrogen-bond acceptors (Lipinski definition) is 7. The Morgan fingerprint density at radius 1 is 1.28 bits per heavy atom. The van der Waals surface area contributed by atoms with Gasteiger partial charge >= 0.3 is 0 Å². The number of aromatic nitrogens is 1. The number of nitrogens with zero attached hydrogens (tertiary/aromatic N) is 2. The topological polar surface area (TPSA) is 95.7 Å². The number of benzene rings is 1. The second-order valence-electron chi connectivity index (χ2n) is 5.38. The van der Waals surface area contributed by atoms with Crippen LogP contribution in [0.3, 0.4) is 0 Å². The van der Waals surface area contributed by atoms with Crippen LogP contribution in [-0.2, 0) is 9.59 Å². The van der Waals surface area contributed by atoms with Crippen LogP contribution in [0.5, 0.6) is 0 Å². The van der Waals surface area contributed by atoms with Gasteiger partial charge < -0.3 is 14.8 Å². The molecule has 0 saturated carbocycles. The summed E-state index contributed by atoms with van der Waals surface area (Å²) < 4.78 is 5.72. The molecule has 0 spiro atoms. The molecule has 0 unspecified atom stereocenters. The molecule has 7 nitrogen and oxygen atoms in total. The number of oxazole rings is 1. The Morgan fingerprint density at radius 2 is 2.16 bits per heavy atom. The summed E-state index contributed by atoms with van der Waals surface area (Å²) in [7, 11) is 0. The molecule has 1 aromatic carbocycles. The van der Waals surface area contributed by atoms with Crippen LogP contribution in [0.15, 0.2) is 51.9 Å². The van der Waals surface area contributed by atoms with Crippen LogP contribution in [-0.4, -0.2) is 40.0 Å². The van der Waals surface area contributed by atoms with Gasteiger partial charge in [-0.25, -0.2) is 4.98 Å². The van der Waals surface area contributed by atoms with E-state index in [0.29, 0.717) is 22.7 Å². The number of nitrogens with one attached hydrogen (secondary N) is 1. The fraction of sp³-hybridized carbons (Fsp3) is 0.118. The number of rotatable bonds is 5. The van der Waals surface area contributed by atoms with Crippen molar-refractivity contribution in [3.63, 3.8) is 0 Å². The Balaban J connectivity index is 1.59. The quantitative estimate of drug-likeness (QED) is 0.681. The van der Waals surface area contributed by atoms with Gasteiger partial charge in [0.2, 0.25) is 5.89 Å². The average molecular weight is 355 g/mol. The van der Waals surface area contributed by atoms with E-state index < -0.39 is 11.8 Å². The van der Waals surface area contributed by atoms with E-state index in [4.69, 9.17) is 9.52 Å². The summed E-state index contributed by atoms with van der Waals surface area (Å²) >= 11 is 1.54. The highest BCUT2D eigenvalue weighted by Crippen LogP contribution is 2.29. The zero-order valence-electron chi connectivity index (χ0n) is 12.9. The number of thiophene rings is 1. The molecule has 1 aliphatic heterocycles. The molecule has 3 aromatic rings. The predicted octanol–water partition coefficient (Wildman–Crippen LogP) is 2.21. The number of hydrogen-bond donors (Lipinski definition) is 2. The minimum atomic E-state index is -0.460. The molecule has 4 rings (SSSR count). The molecule has 2 N–H and O–H groups in total. The first kappa shape index (κ1) is 15.6. The highest BCUT2D eigenvalue weighted by atomic mass is 32.1. The van der Waals surface area contributed by atoms with Gasteiger partial charge in [-0.3, -0.25) is 14.5 Å². The van der Waals surface area contributed by atoms with Crippen LogP contribution < -0.4 is 5.32 Å². The second kappa shape index (κ2) is 6.15. The number of anilines is 1. The monoisotopic (exact) mass is 355 g/mol. The van der Waals surface area contributed by atoms with Crippen LogP contribution in [0.4, 0.5) is 5.69 Å².